The normalized spacial score (nSPS) is 11.8. The van der Waals surface area contributed by atoms with Gasteiger partial charge < -0.3 is 5.32 Å². The number of amides is 1. The molecule has 0 spiro atoms. The van der Waals surface area contributed by atoms with Gasteiger partial charge in [-0.2, -0.15) is 13.2 Å². The van der Waals surface area contributed by atoms with Crippen molar-refractivity contribution >= 4 is 12.0 Å². The van der Waals surface area contributed by atoms with E-state index in [4.69, 9.17) is 0 Å². The highest BCUT2D eigenvalue weighted by Crippen LogP contribution is 2.29. The standard InChI is InChI=1S/C11H10F3NO/c1-8(16)15-7-6-9-2-4-10(5-3-9)11(12,13)14/h2-7H,1H3,(H,15,16)/b7-6+. The summed E-state index contributed by atoms with van der Waals surface area (Å²) in [5.41, 5.74) is -0.106. The lowest BCUT2D eigenvalue weighted by atomic mass is 10.1. The van der Waals surface area contributed by atoms with E-state index in [9.17, 15) is 18.0 Å². The SMILES string of the molecule is CC(=O)N/C=C/c1ccc(C(F)(F)F)cc1. The fourth-order valence-corrected chi connectivity index (χ4v) is 1.04. The highest BCUT2D eigenvalue weighted by Gasteiger charge is 2.29. The lowest BCUT2D eigenvalue weighted by Gasteiger charge is -2.05. The fraction of sp³-hybridized carbons (Fsp3) is 0.182. The Bertz CT molecular complexity index is 393. The molecule has 0 aliphatic carbocycles. The maximum absolute atomic E-state index is 12.2. The third-order valence-corrected chi connectivity index (χ3v) is 1.80. The second kappa shape index (κ2) is 4.83. The second-order valence-electron chi connectivity index (χ2n) is 3.15. The summed E-state index contributed by atoms with van der Waals surface area (Å²) in [5.74, 6) is -0.233. The Balaban J connectivity index is 2.72. The highest BCUT2D eigenvalue weighted by atomic mass is 19.4. The smallest absolute Gasteiger partial charge is 0.333 e. The molecular weight excluding hydrogens is 219 g/mol. The molecule has 5 heteroatoms. The molecule has 0 heterocycles. The molecule has 0 aliphatic rings. The van der Waals surface area contributed by atoms with Crippen LogP contribution in [0.15, 0.2) is 30.5 Å². The van der Waals surface area contributed by atoms with Crippen molar-refractivity contribution in [2.45, 2.75) is 13.1 Å². The van der Waals surface area contributed by atoms with Crippen LogP contribution in [-0.2, 0) is 11.0 Å². The molecule has 0 saturated heterocycles. The number of carbonyl (C=O) groups is 1. The zero-order valence-corrected chi connectivity index (χ0v) is 8.51. The third kappa shape index (κ3) is 3.76. The average Bonchev–Trinajstić information content (AvgIpc) is 2.16. The summed E-state index contributed by atoms with van der Waals surface area (Å²) in [6.07, 6.45) is -1.42. The van der Waals surface area contributed by atoms with Gasteiger partial charge >= 0.3 is 6.18 Å². The van der Waals surface area contributed by atoms with E-state index in [0.717, 1.165) is 12.1 Å². The molecule has 1 aromatic carbocycles. The minimum atomic E-state index is -4.32. The van der Waals surface area contributed by atoms with E-state index in [-0.39, 0.29) is 5.91 Å². The number of rotatable bonds is 2. The Hall–Kier alpha value is -1.78. The molecule has 0 bridgehead atoms. The van der Waals surface area contributed by atoms with Crippen molar-refractivity contribution in [1.82, 2.24) is 5.32 Å². The Morgan fingerprint density at radius 3 is 2.25 bits per heavy atom. The van der Waals surface area contributed by atoms with E-state index >= 15 is 0 Å². The summed E-state index contributed by atoms with van der Waals surface area (Å²) in [4.78, 5) is 10.5. The molecule has 1 aromatic rings. The predicted octanol–water partition coefficient (Wildman–Crippen LogP) is 2.81. The van der Waals surface area contributed by atoms with E-state index < -0.39 is 11.7 Å². The number of hydrogen-bond acceptors (Lipinski definition) is 1. The van der Waals surface area contributed by atoms with E-state index in [1.165, 1.54) is 31.3 Å². The van der Waals surface area contributed by atoms with Crippen molar-refractivity contribution in [2.24, 2.45) is 0 Å². The van der Waals surface area contributed by atoms with Gasteiger partial charge in [0.1, 0.15) is 0 Å². The molecule has 0 aromatic heterocycles. The molecule has 1 rings (SSSR count). The summed E-state index contributed by atoms with van der Waals surface area (Å²) < 4.78 is 36.6. The summed E-state index contributed by atoms with van der Waals surface area (Å²) in [7, 11) is 0. The fourth-order valence-electron chi connectivity index (χ4n) is 1.04. The van der Waals surface area contributed by atoms with Gasteiger partial charge in [0.05, 0.1) is 5.56 Å². The molecule has 16 heavy (non-hydrogen) atoms. The Labute approximate surface area is 90.8 Å². The molecule has 0 saturated carbocycles. The molecule has 86 valence electrons. The molecule has 0 fully saturated rings. The molecule has 0 atom stereocenters. The van der Waals surface area contributed by atoms with Gasteiger partial charge in [-0.3, -0.25) is 4.79 Å². The van der Waals surface area contributed by atoms with Crippen molar-refractivity contribution in [3.05, 3.63) is 41.6 Å². The topological polar surface area (TPSA) is 29.1 Å². The van der Waals surface area contributed by atoms with Gasteiger partial charge in [0.25, 0.3) is 0 Å². The van der Waals surface area contributed by atoms with E-state index in [1.54, 1.807) is 0 Å². The van der Waals surface area contributed by atoms with Crippen LogP contribution in [0.2, 0.25) is 0 Å². The number of halogens is 3. The van der Waals surface area contributed by atoms with Crippen molar-refractivity contribution in [1.29, 1.82) is 0 Å². The van der Waals surface area contributed by atoms with Crippen LogP contribution >= 0.6 is 0 Å². The third-order valence-electron chi connectivity index (χ3n) is 1.80. The monoisotopic (exact) mass is 229 g/mol. The first-order valence-corrected chi connectivity index (χ1v) is 4.50. The number of hydrogen-bond donors (Lipinski definition) is 1. The summed E-state index contributed by atoms with van der Waals surface area (Å²) in [6.45, 7) is 1.34. The van der Waals surface area contributed by atoms with Gasteiger partial charge in [0.2, 0.25) is 5.91 Å². The van der Waals surface area contributed by atoms with Gasteiger partial charge in [0.15, 0.2) is 0 Å². The zero-order chi connectivity index (χ0) is 12.2. The summed E-state index contributed by atoms with van der Waals surface area (Å²) in [5, 5.41) is 2.40. The van der Waals surface area contributed by atoms with Crippen LogP contribution in [0.4, 0.5) is 13.2 Å². The Kier molecular flexibility index (Phi) is 3.71. The van der Waals surface area contributed by atoms with E-state index in [1.807, 2.05) is 0 Å². The lowest BCUT2D eigenvalue weighted by Crippen LogP contribution is -2.11. The predicted molar refractivity (Wildman–Crippen MR) is 54.3 cm³/mol. The molecule has 0 aliphatic heterocycles. The molecule has 1 N–H and O–H groups in total. The van der Waals surface area contributed by atoms with Crippen LogP contribution in [-0.4, -0.2) is 5.91 Å². The van der Waals surface area contributed by atoms with Crippen molar-refractivity contribution in [3.63, 3.8) is 0 Å². The van der Waals surface area contributed by atoms with Crippen LogP contribution in [0.25, 0.3) is 6.08 Å². The number of carbonyl (C=O) groups excluding carboxylic acids is 1. The molecule has 1 amide bonds. The first-order chi connectivity index (χ1) is 7.39. The quantitative estimate of drug-likeness (QED) is 0.830. The molecule has 0 radical (unpaired) electrons. The molecule has 0 unspecified atom stereocenters. The van der Waals surface area contributed by atoms with Crippen molar-refractivity contribution in [3.8, 4) is 0 Å². The number of benzene rings is 1. The van der Waals surface area contributed by atoms with Gasteiger partial charge in [0, 0.05) is 13.1 Å². The largest absolute Gasteiger partial charge is 0.416 e. The van der Waals surface area contributed by atoms with Crippen LogP contribution in [0.1, 0.15) is 18.1 Å². The van der Waals surface area contributed by atoms with Gasteiger partial charge in [-0.25, -0.2) is 0 Å². The zero-order valence-electron chi connectivity index (χ0n) is 8.51. The lowest BCUT2D eigenvalue weighted by molar-refractivity contribution is -0.137. The van der Waals surface area contributed by atoms with Crippen molar-refractivity contribution in [2.75, 3.05) is 0 Å². The highest BCUT2D eigenvalue weighted by molar-refractivity contribution is 5.74. The van der Waals surface area contributed by atoms with Gasteiger partial charge in [-0.05, 0) is 23.8 Å². The van der Waals surface area contributed by atoms with E-state index in [0.29, 0.717) is 5.56 Å². The Morgan fingerprint density at radius 2 is 1.81 bits per heavy atom. The summed E-state index contributed by atoms with van der Waals surface area (Å²) >= 11 is 0. The molecular formula is C11H10F3NO. The van der Waals surface area contributed by atoms with Crippen LogP contribution < -0.4 is 5.32 Å². The van der Waals surface area contributed by atoms with Crippen LogP contribution in [0.3, 0.4) is 0 Å². The maximum Gasteiger partial charge on any atom is 0.416 e. The Morgan fingerprint density at radius 1 is 1.25 bits per heavy atom. The first kappa shape index (κ1) is 12.3. The minimum Gasteiger partial charge on any atom is -0.333 e. The first-order valence-electron chi connectivity index (χ1n) is 4.50. The van der Waals surface area contributed by atoms with Crippen molar-refractivity contribution < 1.29 is 18.0 Å². The second-order valence-corrected chi connectivity index (χ2v) is 3.15. The van der Waals surface area contributed by atoms with E-state index in [2.05, 4.69) is 5.32 Å². The number of alkyl halides is 3. The summed E-state index contributed by atoms with van der Waals surface area (Å²) in [6, 6.07) is 4.66. The van der Waals surface area contributed by atoms with Gasteiger partial charge in [-0.15, -0.1) is 0 Å². The van der Waals surface area contributed by atoms with Gasteiger partial charge in [-0.1, -0.05) is 12.1 Å². The molecule has 2 nitrogen and oxygen atoms in total. The minimum absolute atomic E-state index is 0.233. The average molecular weight is 229 g/mol. The number of nitrogens with one attached hydrogen (secondary N) is 1. The maximum atomic E-state index is 12.2. The van der Waals surface area contributed by atoms with Crippen LogP contribution in [0.5, 0.6) is 0 Å². The van der Waals surface area contributed by atoms with Crippen LogP contribution in [0, 0.1) is 0 Å².